The second-order valence-corrected chi connectivity index (χ2v) is 5.92. The number of carbonyl (C=O) groups is 1. The van der Waals surface area contributed by atoms with Gasteiger partial charge in [-0.3, -0.25) is 9.78 Å². The van der Waals surface area contributed by atoms with Crippen molar-refractivity contribution < 1.29 is 4.79 Å². The van der Waals surface area contributed by atoms with Crippen LogP contribution in [0.1, 0.15) is 35.5 Å². The molecule has 0 saturated carbocycles. The number of rotatable bonds is 2. The number of likely N-dealkylation sites (tertiary alicyclic amines) is 1. The molecule has 0 spiro atoms. The second kappa shape index (κ2) is 5.29. The molecule has 2 atom stereocenters. The fourth-order valence-corrected chi connectivity index (χ4v) is 2.82. The quantitative estimate of drug-likeness (QED) is 0.882. The van der Waals surface area contributed by atoms with Gasteiger partial charge in [-0.25, -0.2) is 0 Å². The van der Waals surface area contributed by atoms with Crippen LogP contribution in [-0.2, 0) is 0 Å². The number of nitrogens with two attached hydrogens (primary N) is 1. The molecule has 1 aromatic heterocycles. The SMILES string of the molecule is Cc1cc(C)c(C(=O)N2C[C@H](C(C)C)[C@@H](N)C2)cn1. The van der Waals surface area contributed by atoms with Gasteiger partial charge >= 0.3 is 0 Å². The zero-order valence-corrected chi connectivity index (χ0v) is 12.2. The molecule has 4 heteroatoms. The van der Waals surface area contributed by atoms with Crippen molar-refractivity contribution in [2.75, 3.05) is 13.1 Å². The van der Waals surface area contributed by atoms with Crippen molar-refractivity contribution >= 4 is 5.91 Å². The van der Waals surface area contributed by atoms with Gasteiger partial charge in [0.05, 0.1) is 5.56 Å². The summed E-state index contributed by atoms with van der Waals surface area (Å²) in [6, 6.07) is 2.03. The lowest BCUT2D eigenvalue weighted by atomic mass is 9.92. The highest BCUT2D eigenvalue weighted by Gasteiger charge is 2.35. The zero-order valence-electron chi connectivity index (χ0n) is 12.2. The third-order valence-corrected chi connectivity index (χ3v) is 4.03. The van der Waals surface area contributed by atoms with Gasteiger partial charge in [0, 0.05) is 31.0 Å². The summed E-state index contributed by atoms with van der Waals surface area (Å²) in [6.45, 7) is 9.62. The maximum Gasteiger partial charge on any atom is 0.255 e. The summed E-state index contributed by atoms with van der Waals surface area (Å²) in [7, 11) is 0. The van der Waals surface area contributed by atoms with Gasteiger partial charge in [-0.1, -0.05) is 13.8 Å². The highest BCUT2D eigenvalue weighted by atomic mass is 16.2. The molecule has 0 aliphatic carbocycles. The van der Waals surface area contributed by atoms with Gasteiger partial charge in [-0.15, -0.1) is 0 Å². The van der Waals surface area contributed by atoms with E-state index in [1.807, 2.05) is 24.8 Å². The maximum atomic E-state index is 12.5. The summed E-state index contributed by atoms with van der Waals surface area (Å²) < 4.78 is 0. The molecule has 2 rings (SSSR count). The normalized spacial score (nSPS) is 23.2. The van der Waals surface area contributed by atoms with Crippen LogP contribution in [0, 0.1) is 25.7 Å². The Morgan fingerprint density at radius 3 is 2.63 bits per heavy atom. The van der Waals surface area contributed by atoms with E-state index in [1.165, 1.54) is 0 Å². The molecule has 1 aliphatic rings. The first-order chi connectivity index (χ1) is 8.90. The number of amides is 1. The third kappa shape index (κ3) is 2.78. The van der Waals surface area contributed by atoms with Gasteiger partial charge in [0.15, 0.2) is 0 Å². The van der Waals surface area contributed by atoms with Crippen LogP contribution in [0.15, 0.2) is 12.3 Å². The van der Waals surface area contributed by atoms with Crippen LogP contribution in [0.5, 0.6) is 0 Å². The lowest BCUT2D eigenvalue weighted by Gasteiger charge is -2.19. The summed E-state index contributed by atoms with van der Waals surface area (Å²) in [5, 5.41) is 0. The van der Waals surface area contributed by atoms with Crippen LogP contribution in [0.25, 0.3) is 0 Å². The van der Waals surface area contributed by atoms with Gasteiger partial charge in [-0.05, 0) is 37.3 Å². The summed E-state index contributed by atoms with van der Waals surface area (Å²) in [6.07, 6.45) is 1.68. The van der Waals surface area contributed by atoms with E-state index >= 15 is 0 Å². The molecule has 1 amide bonds. The minimum absolute atomic E-state index is 0.0589. The molecule has 2 heterocycles. The molecule has 104 valence electrons. The van der Waals surface area contributed by atoms with Gasteiger partial charge < -0.3 is 10.6 Å². The van der Waals surface area contributed by atoms with Gasteiger partial charge in [-0.2, -0.15) is 0 Å². The van der Waals surface area contributed by atoms with Crippen molar-refractivity contribution in [1.82, 2.24) is 9.88 Å². The Balaban J connectivity index is 2.17. The molecule has 4 nitrogen and oxygen atoms in total. The van der Waals surface area contributed by atoms with E-state index in [4.69, 9.17) is 5.73 Å². The van der Waals surface area contributed by atoms with Crippen LogP contribution in [0.4, 0.5) is 0 Å². The molecule has 2 N–H and O–H groups in total. The Labute approximate surface area is 115 Å². The van der Waals surface area contributed by atoms with Crippen LogP contribution < -0.4 is 5.73 Å². The summed E-state index contributed by atoms with van der Waals surface area (Å²) >= 11 is 0. The monoisotopic (exact) mass is 261 g/mol. The minimum Gasteiger partial charge on any atom is -0.337 e. The van der Waals surface area contributed by atoms with E-state index in [9.17, 15) is 4.79 Å². The third-order valence-electron chi connectivity index (χ3n) is 4.03. The molecule has 0 radical (unpaired) electrons. The zero-order chi connectivity index (χ0) is 14.2. The van der Waals surface area contributed by atoms with Crippen LogP contribution in [-0.4, -0.2) is 34.9 Å². The van der Waals surface area contributed by atoms with Crippen molar-refractivity contribution in [2.24, 2.45) is 17.6 Å². The van der Waals surface area contributed by atoms with Gasteiger partial charge in [0.2, 0.25) is 0 Å². The van der Waals surface area contributed by atoms with E-state index in [0.29, 0.717) is 23.9 Å². The largest absolute Gasteiger partial charge is 0.337 e. The Kier molecular flexibility index (Phi) is 3.90. The van der Waals surface area contributed by atoms with Crippen molar-refractivity contribution in [3.63, 3.8) is 0 Å². The predicted molar refractivity (Wildman–Crippen MR) is 75.9 cm³/mol. The predicted octanol–water partition coefficient (Wildman–Crippen LogP) is 1.75. The summed E-state index contributed by atoms with van der Waals surface area (Å²) in [5.74, 6) is 0.955. The molecule has 0 aromatic carbocycles. The van der Waals surface area contributed by atoms with Gasteiger partial charge in [0.25, 0.3) is 5.91 Å². The topological polar surface area (TPSA) is 59.2 Å². The molecule has 1 aliphatic heterocycles. The summed E-state index contributed by atoms with van der Waals surface area (Å²) in [4.78, 5) is 18.6. The lowest BCUT2D eigenvalue weighted by Crippen LogP contribution is -2.33. The molecular weight excluding hydrogens is 238 g/mol. The number of aryl methyl sites for hydroxylation is 2. The average Bonchev–Trinajstić information content (AvgIpc) is 2.70. The average molecular weight is 261 g/mol. The van der Waals surface area contributed by atoms with E-state index in [1.54, 1.807) is 6.20 Å². The maximum absolute atomic E-state index is 12.5. The second-order valence-electron chi connectivity index (χ2n) is 5.92. The van der Waals surface area contributed by atoms with Crippen molar-refractivity contribution in [3.05, 3.63) is 29.1 Å². The lowest BCUT2D eigenvalue weighted by molar-refractivity contribution is 0.0782. The van der Waals surface area contributed by atoms with E-state index < -0.39 is 0 Å². The molecule has 0 bridgehead atoms. The standard InChI is InChI=1S/C15H23N3O/c1-9(2)13-7-18(8-14(13)16)15(19)12-6-17-11(4)5-10(12)3/h5-6,9,13-14H,7-8,16H2,1-4H3/t13-,14+/m1/s1. The first-order valence-corrected chi connectivity index (χ1v) is 6.88. The van der Waals surface area contributed by atoms with Crippen LogP contribution in [0.3, 0.4) is 0 Å². The molecular formula is C15H23N3O. The van der Waals surface area contributed by atoms with E-state index in [-0.39, 0.29) is 11.9 Å². The molecule has 1 fully saturated rings. The number of pyridine rings is 1. The Bertz CT molecular complexity index is 484. The fourth-order valence-electron chi connectivity index (χ4n) is 2.82. The smallest absolute Gasteiger partial charge is 0.255 e. The Morgan fingerprint density at radius 2 is 2.11 bits per heavy atom. The fraction of sp³-hybridized carbons (Fsp3) is 0.600. The molecule has 0 unspecified atom stereocenters. The van der Waals surface area contributed by atoms with Crippen LogP contribution in [0.2, 0.25) is 0 Å². The van der Waals surface area contributed by atoms with Crippen LogP contribution >= 0.6 is 0 Å². The van der Waals surface area contributed by atoms with Crippen molar-refractivity contribution in [2.45, 2.75) is 33.7 Å². The number of nitrogens with zero attached hydrogens (tertiary/aromatic N) is 2. The summed E-state index contributed by atoms with van der Waals surface area (Å²) in [5.41, 5.74) is 8.76. The van der Waals surface area contributed by atoms with E-state index in [0.717, 1.165) is 17.8 Å². The molecule has 19 heavy (non-hydrogen) atoms. The Hall–Kier alpha value is -1.42. The first kappa shape index (κ1) is 14.0. The highest BCUT2D eigenvalue weighted by molar-refractivity contribution is 5.95. The molecule has 1 saturated heterocycles. The number of aromatic nitrogens is 1. The highest BCUT2D eigenvalue weighted by Crippen LogP contribution is 2.24. The Morgan fingerprint density at radius 1 is 1.42 bits per heavy atom. The van der Waals surface area contributed by atoms with Gasteiger partial charge in [0.1, 0.15) is 0 Å². The number of hydrogen-bond donors (Lipinski definition) is 1. The van der Waals surface area contributed by atoms with Crippen molar-refractivity contribution in [1.29, 1.82) is 0 Å². The van der Waals surface area contributed by atoms with Crippen molar-refractivity contribution in [3.8, 4) is 0 Å². The first-order valence-electron chi connectivity index (χ1n) is 6.88. The minimum atomic E-state index is 0.0589. The molecule has 1 aromatic rings. The van der Waals surface area contributed by atoms with E-state index in [2.05, 4.69) is 18.8 Å². The number of hydrogen-bond acceptors (Lipinski definition) is 3. The number of carbonyl (C=O) groups excluding carboxylic acids is 1.